The number of halogens is 1. The summed E-state index contributed by atoms with van der Waals surface area (Å²) < 4.78 is 28.6. The van der Waals surface area contributed by atoms with Crippen LogP contribution in [0, 0.1) is 24.0 Å². The van der Waals surface area contributed by atoms with Crippen molar-refractivity contribution in [3.63, 3.8) is 0 Å². The van der Waals surface area contributed by atoms with Crippen LogP contribution in [0.5, 0.6) is 0 Å². The number of nitro groups is 1. The number of sulfonamides is 1. The third kappa shape index (κ3) is 5.42. The summed E-state index contributed by atoms with van der Waals surface area (Å²) in [6.07, 6.45) is 1.38. The van der Waals surface area contributed by atoms with Crippen LogP contribution in [0.3, 0.4) is 0 Å². The lowest BCUT2D eigenvalue weighted by molar-refractivity contribution is -0.384. The maximum absolute atomic E-state index is 12.8. The first-order chi connectivity index (χ1) is 17.0. The van der Waals surface area contributed by atoms with Gasteiger partial charge in [0.1, 0.15) is 17.0 Å². The average Bonchev–Trinajstić information content (AvgIpc) is 3.15. The van der Waals surface area contributed by atoms with E-state index in [2.05, 4.69) is 9.97 Å². The minimum Gasteiger partial charge on any atom is -0.308 e. The Hall–Kier alpha value is -4.09. The second-order valence-electron chi connectivity index (χ2n) is 7.96. The Labute approximate surface area is 211 Å². The van der Waals surface area contributed by atoms with Gasteiger partial charge in [0, 0.05) is 12.1 Å². The molecule has 36 heavy (non-hydrogen) atoms. The Balaban J connectivity index is 1.64. The van der Waals surface area contributed by atoms with Crippen molar-refractivity contribution < 1.29 is 18.1 Å². The van der Waals surface area contributed by atoms with Crippen LogP contribution >= 0.6 is 11.6 Å². The van der Waals surface area contributed by atoms with Gasteiger partial charge in [-0.1, -0.05) is 41.9 Å². The number of aromatic nitrogens is 3. The second-order valence-corrected chi connectivity index (χ2v) is 9.94. The topological polar surface area (TPSA) is 137 Å². The number of benzene rings is 2. The van der Waals surface area contributed by atoms with Gasteiger partial charge in [-0.15, -0.1) is 0 Å². The number of aryl methyl sites for hydroxylation is 2. The maximum atomic E-state index is 12.8. The number of fused-ring (bicyclic) bond motifs is 1. The normalized spacial score (nSPS) is 11.8. The second kappa shape index (κ2) is 9.88. The Kier molecular flexibility index (Phi) is 6.86. The van der Waals surface area contributed by atoms with Crippen LogP contribution in [0.4, 0.5) is 5.69 Å². The summed E-state index contributed by atoms with van der Waals surface area (Å²) in [5, 5.41) is 12.1. The van der Waals surface area contributed by atoms with E-state index in [4.69, 9.17) is 11.6 Å². The monoisotopic (exact) mass is 525 g/mol. The zero-order chi connectivity index (χ0) is 26.0. The van der Waals surface area contributed by atoms with E-state index in [0.29, 0.717) is 33.7 Å². The Bertz CT molecular complexity index is 1630. The number of hydrogen-bond acceptors (Lipinski definition) is 7. The zero-order valence-corrected chi connectivity index (χ0v) is 20.7. The highest BCUT2D eigenvalue weighted by Gasteiger charge is 2.20. The van der Waals surface area contributed by atoms with Crippen LogP contribution in [0.2, 0.25) is 5.02 Å². The van der Waals surface area contributed by atoms with E-state index < -0.39 is 20.9 Å². The highest BCUT2D eigenvalue weighted by molar-refractivity contribution is 7.93. The molecule has 4 aromatic rings. The van der Waals surface area contributed by atoms with Gasteiger partial charge in [-0.05, 0) is 48.7 Å². The number of amides is 1. The molecule has 12 heteroatoms. The summed E-state index contributed by atoms with van der Waals surface area (Å²) in [6.45, 7) is 3.67. The number of hydrogen-bond donors (Lipinski definition) is 1. The molecule has 0 aliphatic carbocycles. The molecule has 2 aromatic carbocycles. The lowest BCUT2D eigenvalue weighted by Gasteiger charge is -2.10. The smallest absolute Gasteiger partial charge is 0.283 e. The van der Waals surface area contributed by atoms with Crippen molar-refractivity contribution in [2.24, 2.45) is 0 Å². The molecule has 4 rings (SSSR count). The van der Waals surface area contributed by atoms with Gasteiger partial charge >= 0.3 is 0 Å². The molecule has 0 spiro atoms. The van der Waals surface area contributed by atoms with E-state index in [1.807, 2.05) is 4.72 Å². The Morgan fingerprint density at radius 2 is 1.86 bits per heavy atom. The summed E-state index contributed by atoms with van der Waals surface area (Å²) in [6, 6.07) is 14.4. The van der Waals surface area contributed by atoms with Crippen molar-refractivity contribution >= 4 is 50.5 Å². The molecule has 1 amide bonds. The van der Waals surface area contributed by atoms with E-state index >= 15 is 0 Å². The molecule has 0 aliphatic rings. The average molecular weight is 526 g/mol. The Morgan fingerprint density at radius 3 is 2.53 bits per heavy atom. The lowest BCUT2D eigenvalue weighted by atomic mass is 10.2. The van der Waals surface area contributed by atoms with E-state index in [9.17, 15) is 23.3 Å². The number of nitrogens with one attached hydrogen (secondary N) is 1. The van der Waals surface area contributed by atoms with Crippen LogP contribution in [0.1, 0.15) is 33.0 Å². The maximum Gasteiger partial charge on any atom is 0.283 e. The highest BCUT2D eigenvalue weighted by Crippen LogP contribution is 2.26. The number of non-ortho nitro benzene ring substituents is 1. The summed E-state index contributed by atoms with van der Waals surface area (Å²) in [5.74, 6) is -0.317. The minimum absolute atomic E-state index is 0.104. The van der Waals surface area contributed by atoms with Gasteiger partial charge in [0.25, 0.3) is 21.6 Å². The van der Waals surface area contributed by atoms with Crippen LogP contribution in [0.25, 0.3) is 17.2 Å². The summed E-state index contributed by atoms with van der Waals surface area (Å²) in [7, 11) is -4.08. The Morgan fingerprint density at radius 1 is 1.14 bits per heavy atom. The fourth-order valence-electron chi connectivity index (χ4n) is 3.55. The number of pyridine rings is 1. The zero-order valence-electron chi connectivity index (χ0n) is 19.2. The van der Waals surface area contributed by atoms with Crippen LogP contribution in [-0.2, 0) is 16.6 Å². The lowest BCUT2D eigenvalue weighted by Crippen LogP contribution is -2.29. The predicted molar refractivity (Wildman–Crippen MR) is 136 cm³/mol. The van der Waals surface area contributed by atoms with Gasteiger partial charge < -0.3 is 4.57 Å². The van der Waals surface area contributed by atoms with Gasteiger partial charge in [-0.3, -0.25) is 14.9 Å². The molecule has 10 nitrogen and oxygen atoms in total. The standard InChI is InChI=1S/C24H20ClN5O5S/c1-15-12-21(24(31)28-36(34,35)11-10-17-6-4-3-5-7-17)27-23-22(15)26-16(2)29(23)14-18-8-9-19(30(32)33)13-20(18)25/h3-13H,14H2,1-2H3,(H,28,31)/b11-10+. The van der Waals surface area contributed by atoms with Crippen molar-refractivity contribution in [2.75, 3.05) is 0 Å². The molecule has 0 unspecified atom stereocenters. The quantitative estimate of drug-likeness (QED) is 0.279. The molecular formula is C24H20ClN5O5S. The number of nitro benzene ring substituents is 1. The largest absolute Gasteiger partial charge is 0.308 e. The van der Waals surface area contributed by atoms with Crippen molar-refractivity contribution in [1.29, 1.82) is 0 Å². The van der Waals surface area contributed by atoms with Crippen molar-refractivity contribution in [3.8, 4) is 0 Å². The van der Waals surface area contributed by atoms with E-state index in [-0.39, 0.29) is 22.9 Å². The SMILES string of the molecule is Cc1cc(C(=O)NS(=O)(=O)/C=C/c2ccccc2)nc2c1nc(C)n2Cc1ccc([N+](=O)[O-])cc1Cl. The number of carbonyl (C=O) groups excluding carboxylic acids is 1. The van der Waals surface area contributed by atoms with Crippen LogP contribution in [0.15, 0.2) is 60.0 Å². The van der Waals surface area contributed by atoms with E-state index in [0.717, 1.165) is 5.41 Å². The summed E-state index contributed by atoms with van der Waals surface area (Å²) in [4.78, 5) is 32.2. The fourth-order valence-corrected chi connectivity index (χ4v) is 4.55. The first-order valence-electron chi connectivity index (χ1n) is 10.6. The molecule has 0 saturated carbocycles. The molecular weight excluding hydrogens is 506 g/mol. The molecule has 0 fully saturated rings. The van der Waals surface area contributed by atoms with Crippen LogP contribution in [-0.4, -0.2) is 33.8 Å². The van der Waals surface area contributed by atoms with Crippen molar-refractivity contribution in [3.05, 3.63) is 103 Å². The molecule has 0 saturated heterocycles. The first kappa shape index (κ1) is 25.0. The number of rotatable bonds is 7. The molecule has 2 aromatic heterocycles. The molecule has 0 bridgehead atoms. The molecule has 184 valence electrons. The fraction of sp³-hybridized carbons (Fsp3) is 0.125. The van der Waals surface area contributed by atoms with Crippen LogP contribution < -0.4 is 4.72 Å². The third-order valence-electron chi connectivity index (χ3n) is 5.37. The summed E-state index contributed by atoms with van der Waals surface area (Å²) >= 11 is 6.26. The highest BCUT2D eigenvalue weighted by atomic mass is 35.5. The number of carbonyl (C=O) groups is 1. The molecule has 0 aliphatic heterocycles. The van der Waals surface area contributed by atoms with Gasteiger partial charge in [0.05, 0.1) is 21.9 Å². The van der Waals surface area contributed by atoms with Gasteiger partial charge in [-0.2, -0.15) is 0 Å². The third-order valence-corrected chi connectivity index (χ3v) is 6.68. The molecule has 0 atom stereocenters. The van der Waals surface area contributed by atoms with E-state index in [1.54, 1.807) is 54.8 Å². The van der Waals surface area contributed by atoms with E-state index in [1.165, 1.54) is 24.3 Å². The van der Waals surface area contributed by atoms with Crippen molar-refractivity contribution in [1.82, 2.24) is 19.3 Å². The molecule has 0 radical (unpaired) electrons. The molecule has 1 N–H and O–H groups in total. The summed E-state index contributed by atoms with van der Waals surface area (Å²) in [5.41, 5.74) is 2.53. The van der Waals surface area contributed by atoms with Gasteiger partial charge in [-0.25, -0.2) is 23.1 Å². The first-order valence-corrected chi connectivity index (χ1v) is 12.5. The molecule has 2 heterocycles. The predicted octanol–water partition coefficient (Wildman–Crippen LogP) is 4.39. The minimum atomic E-state index is -4.08. The number of nitrogens with zero attached hydrogens (tertiary/aromatic N) is 4. The van der Waals surface area contributed by atoms with Gasteiger partial charge in [0.2, 0.25) is 0 Å². The van der Waals surface area contributed by atoms with Gasteiger partial charge in [0.15, 0.2) is 5.65 Å². The van der Waals surface area contributed by atoms with Crippen molar-refractivity contribution in [2.45, 2.75) is 20.4 Å². The number of imidazole rings is 1.